The van der Waals surface area contributed by atoms with Crippen LogP contribution >= 0.6 is 0 Å². The van der Waals surface area contributed by atoms with Crippen molar-refractivity contribution in [3.05, 3.63) is 24.3 Å². The summed E-state index contributed by atoms with van der Waals surface area (Å²) >= 11 is 0. The largest absolute Gasteiger partial charge is 0.462 e. The number of hydrogen-bond donors (Lipinski definition) is 1. The van der Waals surface area contributed by atoms with Crippen molar-refractivity contribution in [2.75, 3.05) is 34.4 Å². The molecule has 0 aromatic rings. The third-order valence-electron chi connectivity index (χ3n) is 8.69. The van der Waals surface area contributed by atoms with Gasteiger partial charge in [-0.15, -0.1) is 0 Å². The topological polar surface area (TPSA) is 119 Å². The smallest absolute Gasteiger partial charge is 0.397 e. The first kappa shape index (κ1) is 53.4. The van der Waals surface area contributed by atoms with E-state index < -0.39 is 22.5 Å². The van der Waals surface area contributed by atoms with Gasteiger partial charge in [0.25, 0.3) is 0 Å². The summed E-state index contributed by atoms with van der Waals surface area (Å²) in [5.41, 5.74) is 0. The predicted molar refractivity (Wildman–Crippen MR) is 221 cm³/mol. The molecule has 0 amide bonds. The average Bonchev–Trinajstić information content (AvgIpc) is 3.09. The van der Waals surface area contributed by atoms with Gasteiger partial charge in [-0.2, -0.15) is 8.42 Å². The Bertz CT molecular complexity index is 965. The average molecular weight is 774 g/mol. The third-order valence-corrected chi connectivity index (χ3v) is 9.15. The van der Waals surface area contributed by atoms with E-state index in [1.165, 1.54) is 89.9 Å². The van der Waals surface area contributed by atoms with Crippen LogP contribution in [0, 0.1) is 0 Å². The van der Waals surface area contributed by atoms with Crippen molar-refractivity contribution in [1.29, 1.82) is 0 Å². The van der Waals surface area contributed by atoms with Gasteiger partial charge in [0.15, 0.2) is 0 Å². The van der Waals surface area contributed by atoms with Crippen molar-refractivity contribution >= 4 is 22.3 Å². The maximum atomic E-state index is 12.4. The highest BCUT2D eigenvalue weighted by Gasteiger charge is 2.18. The van der Waals surface area contributed by atoms with Crippen LogP contribution in [0.3, 0.4) is 0 Å². The molecular weight excluding hydrogens is 691 g/mol. The Morgan fingerprint density at radius 2 is 0.906 bits per heavy atom. The lowest BCUT2D eigenvalue weighted by Crippen LogP contribution is -2.27. The van der Waals surface area contributed by atoms with Crippen LogP contribution in [-0.2, 0) is 33.6 Å². The fourth-order valence-corrected chi connectivity index (χ4v) is 5.95. The number of esters is 2. The number of rotatable bonds is 37. The number of hydrogen-bond acceptors (Lipinski definition) is 8. The molecule has 0 saturated heterocycles. The summed E-state index contributed by atoms with van der Waals surface area (Å²) in [6.45, 7) is 3.94. The van der Waals surface area contributed by atoms with Crippen LogP contribution in [0.25, 0.3) is 0 Å². The van der Waals surface area contributed by atoms with Gasteiger partial charge in [-0.05, 0) is 85.4 Å². The first-order valence-corrected chi connectivity index (χ1v) is 22.8. The number of nitrogens with zero attached hydrogens (tertiary/aromatic N) is 1. The van der Waals surface area contributed by atoms with Gasteiger partial charge in [0.1, 0.15) is 12.7 Å². The summed E-state index contributed by atoms with van der Waals surface area (Å²) in [6.07, 6.45) is 39.4. The fraction of sp³-hybridized carbons (Fsp3) is 0.860. The summed E-state index contributed by atoms with van der Waals surface area (Å²) in [7, 11) is 1.39. The van der Waals surface area contributed by atoms with Crippen LogP contribution in [0.5, 0.6) is 0 Å². The Balaban J connectivity index is 0. The lowest BCUT2D eigenvalue weighted by molar-refractivity contribution is -0.160. The minimum absolute atomic E-state index is 0.0153. The first-order chi connectivity index (χ1) is 25.5. The van der Waals surface area contributed by atoms with E-state index in [2.05, 4.69) is 42.3 Å². The Labute approximate surface area is 327 Å². The molecule has 0 heterocycles. The van der Waals surface area contributed by atoms with Crippen molar-refractivity contribution in [1.82, 2.24) is 4.90 Å². The minimum atomic E-state index is -4.61. The molecule has 0 aromatic heterocycles. The second-order valence-electron chi connectivity index (χ2n) is 14.8. The molecule has 0 aliphatic carbocycles. The van der Waals surface area contributed by atoms with Crippen LogP contribution in [0.1, 0.15) is 200 Å². The zero-order valence-electron chi connectivity index (χ0n) is 35.0. The number of carbonyl (C=O) groups excluding carboxylic acids is 2. The summed E-state index contributed by atoms with van der Waals surface area (Å²) in [4.78, 5) is 26.7. The van der Waals surface area contributed by atoms with E-state index in [0.717, 1.165) is 70.6 Å². The van der Waals surface area contributed by atoms with Gasteiger partial charge >= 0.3 is 22.3 Å². The molecule has 0 aliphatic heterocycles. The molecule has 1 N–H and O–H groups in total. The summed E-state index contributed by atoms with van der Waals surface area (Å²) in [5.74, 6) is -0.783. The van der Waals surface area contributed by atoms with Crippen molar-refractivity contribution in [2.24, 2.45) is 0 Å². The normalized spacial score (nSPS) is 12.4. The van der Waals surface area contributed by atoms with E-state index in [0.29, 0.717) is 6.42 Å². The van der Waals surface area contributed by atoms with Crippen molar-refractivity contribution in [2.45, 2.75) is 206 Å². The summed E-state index contributed by atoms with van der Waals surface area (Å²) in [6, 6.07) is 0. The zero-order chi connectivity index (χ0) is 39.7. The van der Waals surface area contributed by atoms with E-state index in [1.807, 2.05) is 26.0 Å². The van der Waals surface area contributed by atoms with Crippen LogP contribution < -0.4 is 0 Å². The predicted octanol–water partition coefficient (Wildman–Crippen LogP) is 11.9. The van der Waals surface area contributed by atoms with E-state index in [1.54, 1.807) is 0 Å². The van der Waals surface area contributed by atoms with Gasteiger partial charge in [0, 0.05) is 19.3 Å². The monoisotopic (exact) mass is 774 g/mol. The quantitative estimate of drug-likeness (QED) is 0.0285. The molecule has 0 spiro atoms. The van der Waals surface area contributed by atoms with E-state index in [4.69, 9.17) is 14.0 Å². The van der Waals surface area contributed by atoms with Crippen molar-refractivity contribution in [3.8, 4) is 0 Å². The molecule has 1 unspecified atom stereocenters. The van der Waals surface area contributed by atoms with Gasteiger partial charge < -0.3 is 14.4 Å². The molecule has 53 heavy (non-hydrogen) atoms. The number of allylic oxidation sites excluding steroid dienone is 4. The molecule has 9 nitrogen and oxygen atoms in total. The maximum absolute atomic E-state index is 12.4. The lowest BCUT2D eigenvalue weighted by Gasteiger charge is -2.18. The highest BCUT2D eigenvalue weighted by molar-refractivity contribution is 7.80. The molecule has 0 aliphatic rings. The van der Waals surface area contributed by atoms with Gasteiger partial charge in [-0.1, -0.05) is 141 Å². The van der Waals surface area contributed by atoms with Crippen LogP contribution in [0.2, 0.25) is 0 Å². The van der Waals surface area contributed by atoms with Crippen LogP contribution in [-0.4, -0.2) is 70.3 Å². The summed E-state index contributed by atoms with van der Waals surface area (Å²) < 4.78 is 45.9. The second-order valence-corrected chi connectivity index (χ2v) is 15.9. The van der Waals surface area contributed by atoms with Gasteiger partial charge in [-0.3, -0.25) is 14.1 Å². The van der Waals surface area contributed by atoms with Crippen molar-refractivity contribution in [3.63, 3.8) is 0 Å². The number of unbranched alkanes of at least 4 members (excludes halogenated alkanes) is 22. The highest BCUT2D eigenvalue weighted by Crippen LogP contribution is 2.13. The molecule has 10 heteroatoms. The van der Waals surface area contributed by atoms with E-state index in [-0.39, 0.29) is 38.4 Å². The van der Waals surface area contributed by atoms with E-state index in [9.17, 15) is 18.0 Å². The Morgan fingerprint density at radius 1 is 0.566 bits per heavy atom. The molecule has 0 aromatic carbocycles. The van der Waals surface area contributed by atoms with Crippen LogP contribution in [0.4, 0.5) is 0 Å². The molecule has 0 fully saturated rings. The number of carbonyl (C=O) groups is 2. The molecule has 0 rings (SSSR count). The van der Waals surface area contributed by atoms with E-state index >= 15 is 0 Å². The van der Waals surface area contributed by atoms with Gasteiger partial charge in [0.05, 0.1) is 6.61 Å². The zero-order valence-corrected chi connectivity index (χ0v) is 35.8. The molecule has 0 radical (unpaired) electrons. The standard InChI is InChI=1S/C40H74O8S.C3H9N/c1-3-5-7-9-11-13-15-17-19-21-23-25-27-29-31-33-39(41)46-37-38(35-36-47-49(43,44)45)48-40(42)34-32-30-28-26-24-22-20-18-16-14-12-10-8-6-4-2;1-4(2)3/h17-20,38H,3-16,21-37H2,1-2H3,(H,43,44,45);1-3H3/b19-17-,20-18-;. The minimum Gasteiger partial charge on any atom is -0.462 e. The van der Waals surface area contributed by atoms with Crippen LogP contribution in [0.15, 0.2) is 24.3 Å². The van der Waals surface area contributed by atoms with Gasteiger partial charge in [-0.25, -0.2) is 4.18 Å². The highest BCUT2D eigenvalue weighted by atomic mass is 32.3. The fourth-order valence-electron chi connectivity index (χ4n) is 5.64. The molecule has 1 atom stereocenters. The number of ether oxygens (including phenoxy) is 2. The molecule has 0 saturated carbocycles. The SMILES string of the molecule is CCCCCCCC/C=C\CCCCCCCC(=O)OCC(CCOS(=O)(=O)O)OC(=O)CCCCCCC/C=C\CCCCCCCC.CN(C)C. The Hall–Kier alpha value is -1.75. The van der Waals surface area contributed by atoms with Gasteiger partial charge in [0.2, 0.25) is 0 Å². The first-order valence-electron chi connectivity index (χ1n) is 21.4. The lowest BCUT2D eigenvalue weighted by atomic mass is 10.1. The maximum Gasteiger partial charge on any atom is 0.397 e. The molecule has 0 bridgehead atoms. The van der Waals surface area contributed by atoms with Crippen molar-refractivity contribution < 1.29 is 36.2 Å². The molecular formula is C43H83NO8S. The summed E-state index contributed by atoms with van der Waals surface area (Å²) in [5, 5.41) is 0. The second kappa shape index (κ2) is 41.4. The molecule has 314 valence electrons. The Kier molecular flexibility index (Phi) is 41.7. The third kappa shape index (κ3) is 50.2. The Morgan fingerprint density at radius 3 is 1.28 bits per heavy atom.